The number of amides is 2. The number of nitrogens with one attached hydrogen (secondary N) is 1. The zero-order valence-electron chi connectivity index (χ0n) is 13.6. The van der Waals surface area contributed by atoms with Gasteiger partial charge in [0.2, 0.25) is 11.8 Å². The molecule has 0 unspecified atom stereocenters. The predicted octanol–water partition coefficient (Wildman–Crippen LogP) is 2.66. The van der Waals surface area contributed by atoms with E-state index >= 15 is 0 Å². The molecule has 0 saturated heterocycles. The van der Waals surface area contributed by atoms with Gasteiger partial charge in [-0.25, -0.2) is 0 Å². The van der Waals surface area contributed by atoms with E-state index in [1.807, 2.05) is 61.5 Å². The molecule has 23 heavy (non-hydrogen) atoms. The largest absolute Gasteiger partial charge is 0.350 e. The zero-order valence-corrected chi connectivity index (χ0v) is 13.6. The highest BCUT2D eigenvalue weighted by molar-refractivity contribution is 5.83. The smallest absolute Gasteiger partial charge is 0.239 e. The highest BCUT2D eigenvalue weighted by Gasteiger charge is 2.14. The molecule has 0 aromatic heterocycles. The van der Waals surface area contributed by atoms with Crippen molar-refractivity contribution in [3.63, 3.8) is 0 Å². The van der Waals surface area contributed by atoms with Gasteiger partial charge < -0.3 is 10.2 Å². The number of hydrogen-bond donors (Lipinski definition) is 1. The minimum atomic E-state index is -0.155. The molecule has 4 nitrogen and oxygen atoms in total. The Balaban J connectivity index is 1.92. The number of hydrogen-bond acceptors (Lipinski definition) is 2. The summed E-state index contributed by atoms with van der Waals surface area (Å²) in [5.41, 5.74) is 3.20. The Labute approximate surface area is 137 Å². The van der Waals surface area contributed by atoms with Crippen molar-refractivity contribution in [1.29, 1.82) is 0 Å². The van der Waals surface area contributed by atoms with Gasteiger partial charge in [0, 0.05) is 20.0 Å². The fraction of sp³-hybridized carbons (Fsp3) is 0.263. The van der Waals surface area contributed by atoms with Crippen molar-refractivity contribution in [2.75, 3.05) is 6.54 Å². The molecule has 2 aromatic carbocycles. The van der Waals surface area contributed by atoms with Gasteiger partial charge in [-0.1, -0.05) is 54.6 Å². The molecule has 0 radical (unpaired) electrons. The number of benzene rings is 2. The van der Waals surface area contributed by atoms with E-state index in [0.717, 1.165) is 16.7 Å². The van der Waals surface area contributed by atoms with E-state index in [1.54, 1.807) is 4.90 Å². The lowest BCUT2D eigenvalue weighted by Gasteiger charge is -2.21. The molecule has 0 aliphatic rings. The summed E-state index contributed by atoms with van der Waals surface area (Å²) in [6.07, 6.45) is 0. The summed E-state index contributed by atoms with van der Waals surface area (Å²) in [4.78, 5) is 25.5. The van der Waals surface area contributed by atoms with E-state index in [2.05, 4.69) is 5.32 Å². The summed E-state index contributed by atoms with van der Waals surface area (Å²) in [7, 11) is 0. The second-order valence-corrected chi connectivity index (χ2v) is 5.56. The lowest BCUT2D eigenvalue weighted by molar-refractivity contribution is -0.135. The van der Waals surface area contributed by atoms with Crippen molar-refractivity contribution in [1.82, 2.24) is 10.2 Å². The molecule has 0 aliphatic heterocycles. The molecular weight excluding hydrogens is 288 g/mol. The van der Waals surface area contributed by atoms with Gasteiger partial charge in [0.1, 0.15) is 0 Å². The lowest BCUT2D eigenvalue weighted by atomic mass is 10.1. The maximum absolute atomic E-state index is 12.1. The van der Waals surface area contributed by atoms with Crippen molar-refractivity contribution in [2.24, 2.45) is 0 Å². The highest BCUT2D eigenvalue weighted by Crippen LogP contribution is 2.10. The highest BCUT2D eigenvalue weighted by atomic mass is 16.2. The number of aryl methyl sites for hydroxylation is 1. The first-order valence-electron chi connectivity index (χ1n) is 7.67. The summed E-state index contributed by atoms with van der Waals surface area (Å²) in [6.45, 7) is 4.47. The molecule has 4 heteroatoms. The number of carbonyl (C=O) groups is 2. The van der Waals surface area contributed by atoms with Crippen molar-refractivity contribution < 1.29 is 9.59 Å². The third kappa shape index (κ3) is 5.25. The first-order chi connectivity index (χ1) is 11.1. The van der Waals surface area contributed by atoms with Crippen LogP contribution in [0.5, 0.6) is 0 Å². The first-order valence-corrected chi connectivity index (χ1v) is 7.67. The maximum Gasteiger partial charge on any atom is 0.239 e. The minimum absolute atomic E-state index is 0.0660. The Morgan fingerprint density at radius 3 is 2.30 bits per heavy atom. The molecule has 0 spiro atoms. The summed E-state index contributed by atoms with van der Waals surface area (Å²) >= 11 is 0. The lowest BCUT2D eigenvalue weighted by Crippen LogP contribution is -2.39. The van der Waals surface area contributed by atoms with Crippen molar-refractivity contribution in [3.05, 3.63) is 71.3 Å². The molecule has 0 fully saturated rings. The van der Waals surface area contributed by atoms with E-state index in [9.17, 15) is 9.59 Å². The molecule has 2 amide bonds. The second-order valence-electron chi connectivity index (χ2n) is 5.56. The fourth-order valence-electron chi connectivity index (χ4n) is 2.30. The van der Waals surface area contributed by atoms with Gasteiger partial charge in [0.15, 0.2) is 0 Å². The van der Waals surface area contributed by atoms with Gasteiger partial charge in [-0.3, -0.25) is 9.59 Å². The molecule has 0 saturated carbocycles. The fourth-order valence-corrected chi connectivity index (χ4v) is 2.30. The number of rotatable bonds is 6. The third-order valence-electron chi connectivity index (χ3n) is 3.73. The summed E-state index contributed by atoms with van der Waals surface area (Å²) in [5.74, 6) is -0.263. The Morgan fingerprint density at radius 1 is 1.00 bits per heavy atom. The molecule has 0 heterocycles. The Hall–Kier alpha value is -2.62. The third-order valence-corrected chi connectivity index (χ3v) is 3.73. The molecule has 0 atom stereocenters. The van der Waals surface area contributed by atoms with Crippen LogP contribution in [0.15, 0.2) is 54.6 Å². The van der Waals surface area contributed by atoms with E-state index in [4.69, 9.17) is 0 Å². The Morgan fingerprint density at radius 2 is 1.65 bits per heavy atom. The first kappa shape index (κ1) is 16.7. The van der Waals surface area contributed by atoms with Crippen LogP contribution < -0.4 is 5.32 Å². The van der Waals surface area contributed by atoms with Crippen LogP contribution in [-0.2, 0) is 22.7 Å². The van der Waals surface area contributed by atoms with Gasteiger partial charge in [0.05, 0.1) is 6.54 Å². The van der Waals surface area contributed by atoms with Crippen molar-refractivity contribution >= 4 is 11.8 Å². The monoisotopic (exact) mass is 310 g/mol. The van der Waals surface area contributed by atoms with Crippen LogP contribution in [0.2, 0.25) is 0 Å². The average Bonchev–Trinajstić information content (AvgIpc) is 2.55. The molecule has 2 aromatic rings. The summed E-state index contributed by atoms with van der Waals surface area (Å²) < 4.78 is 0. The topological polar surface area (TPSA) is 49.4 Å². The van der Waals surface area contributed by atoms with Crippen molar-refractivity contribution in [2.45, 2.75) is 26.9 Å². The average molecular weight is 310 g/mol. The van der Waals surface area contributed by atoms with Crippen LogP contribution >= 0.6 is 0 Å². The van der Waals surface area contributed by atoms with Crippen LogP contribution in [0.3, 0.4) is 0 Å². The van der Waals surface area contributed by atoms with Crippen LogP contribution in [0, 0.1) is 6.92 Å². The second kappa shape index (κ2) is 8.13. The van der Waals surface area contributed by atoms with Gasteiger partial charge in [-0.2, -0.15) is 0 Å². The molecular formula is C19H22N2O2. The maximum atomic E-state index is 12.1. The van der Waals surface area contributed by atoms with Gasteiger partial charge in [-0.15, -0.1) is 0 Å². The Bertz CT molecular complexity index is 668. The van der Waals surface area contributed by atoms with E-state index < -0.39 is 0 Å². The van der Waals surface area contributed by atoms with Gasteiger partial charge >= 0.3 is 0 Å². The van der Waals surface area contributed by atoms with Crippen LogP contribution in [0.4, 0.5) is 0 Å². The minimum Gasteiger partial charge on any atom is -0.350 e. The van der Waals surface area contributed by atoms with Crippen LogP contribution in [-0.4, -0.2) is 23.3 Å². The number of carbonyl (C=O) groups excluding carboxylic acids is 2. The molecule has 0 bridgehead atoms. The zero-order chi connectivity index (χ0) is 16.7. The molecule has 120 valence electrons. The van der Waals surface area contributed by atoms with E-state index in [-0.39, 0.29) is 18.4 Å². The predicted molar refractivity (Wildman–Crippen MR) is 90.6 cm³/mol. The number of nitrogens with zero attached hydrogens (tertiary/aromatic N) is 1. The van der Waals surface area contributed by atoms with Gasteiger partial charge in [-0.05, 0) is 23.6 Å². The quantitative estimate of drug-likeness (QED) is 0.892. The molecule has 2 rings (SSSR count). The standard InChI is InChI=1S/C19H22N2O2/c1-15-8-6-7-11-18(15)13-21(16(2)22)14-19(23)20-12-17-9-4-3-5-10-17/h3-11H,12-14H2,1-2H3,(H,20,23). The SMILES string of the molecule is CC(=O)N(CC(=O)NCc1ccccc1)Cc1ccccc1C. The van der Waals surface area contributed by atoms with Crippen LogP contribution in [0.1, 0.15) is 23.6 Å². The normalized spacial score (nSPS) is 10.2. The Kier molecular flexibility index (Phi) is 5.92. The molecule has 1 N–H and O–H groups in total. The summed E-state index contributed by atoms with van der Waals surface area (Å²) in [6, 6.07) is 17.6. The molecule has 0 aliphatic carbocycles. The van der Waals surface area contributed by atoms with Gasteiger partial charge in [0.25, 0.3) is 0 Å². The van der Waals surface area contributed by atoms with Crippen molar-refractivity contribution in [3.8, 4) is 0 Å². The van der Waals surface area contributed by atoms with Crippen LogP contribution in [0.25, 0.3) is 0 Å². The van der Waals surface area contributed by atoms with E-state index in [1.165, 1.54) is 6.92 Å². The summed E-state index contributed by atoms with van der Waals surface area (Å²) in [5, 5.41) is 2.85. The van der Waals surface area contributed by atoms with E-state index in [0.29, 0.717) is 13.1 Å².